The summed E-state index contributed by atoms with van der Waals surface area (Å²) in [4.78, 5) is 23.0. The van der Waals surface area contributed by atoms with Gasteiger partial charge in [-0.25, -0.2) is 0 Å². The Morgan fingerprint density at radius 3 is 2.75 bits per heavy atom. The second-order valence-corrected chi connectivity index (χ2v) is 5.58. The van der Waals surface area contributed by atoms with Crippen molar-refractivity contribution in [3.63, 3.8) is 0 Å². The van der Waals surface area contributed by atoms with E-state index in [4.69, 9.17) is 5.11 Å². The SMILES string of the molecule is CC(C(=O)O)C1CNC2(C)C(=O)CCC12C. The summed E-state index contributed by atoms with van der Waals surface area (Å²) < 4.78 is 0. The molecule has 0 amide bonds. The third-order valence-corrected chi connectivity index (χ3v) is 5.06. The van der Waals surface area contributed by atoms with Crippen molar-refractivity contribution >= 4 is 11.8 Å². The van der Waals surface area contributed by atoms with Crippen LogP contribution in [0.5, 0.6) is 0 Å². The summed E-state index contributed by atoms with van der Waals surface area (Å²) in [5.41, 5.74) is -0.719. The van der Waals surface area contributed by atoms with Crippen LogP contribution >= 0.6 is 0 Å². The first-order valence-electron chi connectivity index (χ1n) is 5.84. The number of Topliss-reactive ketones (excluding diaryl/α,β-unsaturated/α-hetero) is 1. The molecule has 4 atom stereocenters. The molecule has 4 heteroatoms. The fourth-order valence-corrected chi connectivity index (χ4v) is 3.49. The minimum absolute atomic E-state index is 0.0430. The van der Waals surface area contributed by atoms with E-state index in [1.54, 1.807) is 6.92 Å². The summed E-state index contributed by atoms with van der Waals surface area (Å²) in [5.74, 6) is -0.890. The first-order chi connectivity index (χ1) is 7.33. The number of fused-ring (bicyclic) bond motifs is 1. The third kappa shape index (κ3) is 1.19. The lowest BCUT2D eigenvalue weighted by molar-refractivity contribution is -0.144. The molecule has 1 aliphatic carbocycles. The van der Waals surface area contributed by atoms with Crippen molar-refractivity contribution in [2.45, 2.75) is 39.2 Å². The fourth-order valence-electron chi connectivity index (χ4n) is 3.49. The van der Waals surface area contributed by atoms with Crippen molar-refractivity contribution < 1.29 is 14.7 Å². The van der Waals surface area contributed by atoms with Gasteiger partial charge in [0.1, 0.15) is 0 Å². The maximum absolute atomic E-state index is 11.9. The smallest absolute Gasteiger partial charge is 0.306 e. The zero-order chi connectivity index (χ0) is 12.1. The zero-order valence-electron chi connectivity index (χ0n) is 10.0. The Bertz CT molecular complexity index is 354. The van der Waals surface area contributed by atoms with Gasteiger partial charge in [-0.1, -0.05) is 13.8 Å². The second kappa shape index (κ2) is 3.29. The van der Waals surface area contributed by atoms with E-state index >= 15 is 0 Å². The topological polar surface area (TPSA) is 66.4 Å². The third-order valence-electron chi connectivity index (χ3n) is 5.06. The molecule has 1 heterocycles. The van der Waals surface area contributed by atoms with Crippen LogP contribution in [-0.2, 0) is 9.59 Å². The molecule has 16 heavy (non-hydrogen) atoms. The number of carbonyl (C=O) groups is 2. The van der Waals surface area contributed by atoms with Gasteiger partial charge in [0.25, 0.3) is 0 Å². The minimum atomic E-state index is -0.767. The summed E-state index contributed by atoms with van der Waals surface area (Å²) >= 11 is 0. The predicted molar refractivity (Wildman–Crippen MR) is 59.0 cm³/mol. The van der Waals surface area contributed by atoms with E-state index in [-0.39, 0.29) is 17.1 Å². The van der Waals surface area contributed by atoms with Gasteiger partial charge in [-0.15, -0.1) is 0 Å². The summed E-state index contributed by atoms with van der Waals surface area (Å²) in [5, 5.41) is 12.4. The van der Waals surface area contributed by atoms with Gasteiger partial charge < -0.3 is 10.4 Å². The number of carbonyl (C=O) groups excluding carboxylic acids is 1. The first-order valence-corrected chi connectivity index (χ1v) is 5.84. The Kier molecular flexibility index (Phi) is 2.38. The molecule has 0 bridgehead atoms. The van der Waals surface area contributed by atoms with Crippen LogP contribution in [0, 0.1) is 17.3 Å². The Morgan fingerprint density at radius 1 is 1.56 bits per heavy atom. The van der Waals surface area contributed by atoms with Crippen LogP contribution in [0.3, 0.4) is 0 Å². The second-order valence-electron chi connectivity index (χ2n) is 5.58. The van der Waals surface area contributed by atoms with E-state index in [1.165, 1.54) is 0 Å². The molecule has 2 aliphatic rings. The quantitative estimate of drug-likeness (QED) is 0.737. The standard InChI is InChI=1S/C12H19NO3/c1-7(10(15)16)8-6-13-12(3)9(14)4-5-11(8,12)2/h7-8,13H,4-6H2,1-3H3,(H,15,16). The summed E-state index contributed by atoms with van der Waals surface area (Å²) in [6.07, 6.45) is 1.38. The van der Waals surface area contributed by atoms with Gasteiger partial charge in [0.05, 0.1) is 11.5 Å². The number of hydrogen-bond acceptors (Lipinski definition) is 3. The molecule has 1 saturated carbocycles. The van der Waals surface area contributed by atoms with E-state index in [9.17, 15) is 9.59 Å². The van der Waals surface area contributed by atoms with Crippen molar-refractivity contribution in [3.05, 3.63) is 0 Å². The molecule has 1 aliphatic heterocycles. The van der Waals surface area contributed by atoms with Crippen molar-refractivity contribution in [2.75, 3.05) is 6.54 Å². The van der Waals surface area contributed by atoms with Crippen molar-refractivity contribution in [3.8, 4) is 0 Å². The van der Waals surface area contributed by atoms with Crippen molar-refractivity contribution in [2.24, 2.45) is 17.3 Å². The van der Waals surface area contributed by atoms with Gasteiger partial charge in [0.2, 0.25) is 0 Å². The van der Waals surface area contributed by atoms with Crippen molar-refractivity contribution in [1.29, 1.82) is 0 Å². The van der Waals surface area contributed by atoms with E-state index in [0.29, 0.717) is 13.0 Å². The Morgan fingerprint density at radius 2 is 2.19 bits per heavy atom. The predicted octanol–water partition coefficient (Wildman–Crippen LogP) is 1.05. The fraction of sp³-hybridized carbons (Fsp3) is 0.833. The Hall–Kier alpha value is -0.900. The number of rotatable bonds is 2. The molecule has 0 radical (unpaired) electrons. The van der Waals surface area contributed by atoms with Crippen LogP contribution in [0.25, 0.3) is 0 Å². The van der Waals surface area contributed by atoms with Crippen LogP contribution in [0.4, 0.5) is 0 Å². The van der Waals surface area contributed by atoms with Crippen molar-refractivity contribution in [1.82, 2.24) is 5.32 Å². The molecule has 0 aromatic rings. The minimum Gasteiger partial charge on any atom is -0.481 e. The summed E-state index contributed by atoms with van der Waals surface area (Å²) in [7, 11) is 0. The van der Waals surface area contributed by atoms with E-state index in [0.717, 1.165) is 6.42 Å². The van der Waals surface area contributed by atoms with Gasteiger partial charge in [-0.2, -0.15) is 0 Å². The van der Waals surface area contributed by atoms with Gasteiger partial charge in [-0.05, 0) is 24.7 Å². The normalized spacial score (nSPS) is 44.4. The summed E-state index contributed by atoms with van der Waals surface area (Å²) in [6, 6.07) is 0. The molecular formula is C12H19NO3. The lowest BCUT2D eigenvalue weighted by atomic mass is 9.65. The molecule has 1 saturated heterocycles. The molecule has 0 spiro atoms. The number of ketones is 1. The molecule has 4 unspecified atom stereocenters. The van der Waals surface area contributed by atoms with E-state index in [2.05, 4.69) is 12.2 Å². The maximum Gasteiger partial charge on any atom is 0.306 e. The van der Waals surface area contributed by atoms with Crippen LogP contribution in [0.1, 0.15) is 33.6 Å². The van der Waals surface area contributed by atoms with Gasteiger partial charge in [-0.3, -0.25) is 9.59 Å². The molecule has 2 N–H and O–H groups in total. The monoisotopic (exact) mass is 225 g/mol. The van der Waals surface area contributed by atoms with Gasteiger partial charge >= 0.3 is 5.97 Å². The lowest BCUT2D eigenvalue weighted by Crippen LogP contribution is -2.50. The van der Waals surface area contributed by atoms with Gasteiger partial charge in [0.15, 0.2) is 5.78 Å². The zero-order valence-corrected chi connectivity index (χ0v) is 10.0. The molecule has 0 aromatic heterocycles. The average molecular weight is 225 g/mol. The first kappa shape index (κ1) is 11.6. The largest absolute Gasteiger partial charge is 0.481 e. The van der Waals surface area contributed by atoms with Crippen LogP contribution in [-0.4, -0.2) is 28.9 Å². The highest BCUT2D eigenvalue weighted by Gasteiger charge is 2.63. The molecule has 2 fully saturated rings. The molecule has 0 aromatic carbocycles. The van der Waals surface area contributed by atoms with Crippen LogP contribution in [0.2, 0.25) is 0 Å². The van der Waals surface area contributed by atoms with E-state index < -0.39 is 17.4 Å². The molecule has 90 valence electrons. The molecular weight excluding hydrogens is 206 g/mol. The maximum atomic E-state index is 11.9. The Balaban J connectivity index is 2.34. The average Bonchev–Trinajstić information content (AvgIpc) is 2.60. The number of hydrogen-bond donors (Lipinski definition) is 2. The highest BCUT2D eigenvalue weighted by molar-refractivity contribution is 5.92. The molecule has 4 nitrogen and oxygen atoms in total. The number of aliphatic carboxylic acids is 1. The Labute approximate surface area is 95.4 Å². The van der Waals surface area contributed by atoms with Gasteiger partial charge in [0, 0.05) is 13.0 Å². The van der Waals surface area contributed by atoms with Crippen LogP contribution in [0.15, 0.2) is 0 Å². The highest BCUT2D eigenvalue weighted by Crippen LogP contribution is 2.54. The van der Waals surface area contributed by atoms with E-state index in [1.807, 2.05) is 6.92 Å². The lowest BCUT2D eigenvalue weighted by Gasteiger charge is -2.38. The van der Waals surface area contributed by atoms with Crippen LogP contribution < -0.4 is 5.32 Å². The number of carboxylic acids is 1. The highest BCUT2D eigenvalue weighted by atomic mass is 16.4. The number of carboxylic acid groups (broad SMARTS) is 1. The summed E-state index contributed by atoms with van der Waals surface area (Å²) in [6.45, 7) is 6.36. The molecule has 2 rings (SSSR count). The number of nitrogens with one attached hydrogen (secondary N) is 1.